The molecular formula is C18H22INO5S. The van der Waals surface area contributed by atoms with Gasteiger partial charge in [0, 0.05) is 20.3 Å². The molecule has 0 saturated carbocycles. The fourth-order valence-corrected chi connectivity index (χ4v) is 4.08. The van der Waals surface area contributed by atoms with Crippen LogP contribution < -0.4 is 9.47 Å². The van der Waals surface area contributed by atoms with Crippen molar-refractivity contribution in [2.45, 2.75) is 20.3 Å². The van der Waals surface area contributed by atoms with Crippen molar-refractivity contribution in [3.63, 3.8) is 0 Å². The van der Waals surface area contributed by atoms with Gasteiger partial charge in [0.2, 0.25) is 0 Å². The molecule has 2 amide bonds. The number of benzene rings is 1. The minimum Gasteiger partial charge on any atom is -0.490 e. The average molecular weight is 491 g/mol. The molecule has 1 aromatic rings. The van der Waals surface area contributed by atoms with E-state index in [0.717, 1.165) is 20.9 Å². The Balaban J connectivity index is 2.26. The van der Waals surface area contributed by atoms with Crippen LogP contribution in [0.5, 0.6) is 11.5 Å². The van der Waals surface area contributed by atoms with Gasteiger partial charge in [-0.2, -0.15) is 0 Å². The molecule has 1 fully saturated rings. The third-order valence-electron chi connectivity index (χ3n) is 3.52. The number of ether oxygens (including phenoxy) is 3. The van der Waals surface area contributed by atoms with Crippen LogP contribution in [-0.2, 0) is 9.53 Å². The first kappa shape index (κ1) is 21.0. The van der Waals surface area contributed by atoms with E-state index >= 15 is 0 Å². The van der Waals surface area contributed by atoms with Gasteiger partial charge in [0.1, 0.15) is 0 Å². The highest BCUT2D eigenvalue weighted by atomic mass is 127. The molecule has 0 N–H and O–H groups in total. The lowest BCUT2D eigenvalue weighted by Gasteiger charge is -2.14. The van der Waals surface area contributed by atoms with Crippen molar-refractivity contribution in [3.8, 4) is 11.5 Å². The first-order valence-electron chi connectivity index (χ1n) is 8.35. The second kappa shape index (κ2) is 10.2. The van der Waals surface area contributed by atoms with E-state index in [1.54, 1.807) is 13.2 Å². The Morgan fingerprint density at radius 2 is 1.92 bits per heavy atom. The van der Waals surface area contributed by atoms with Crippen LogP contribution in [0.3, 0.4) is 0 Å². The van der Waals surface area contributed by atoms with Crippen LogP contribution in [0, 0.1) is 3.57 Å². The zero-order valence-corrected chi connectivity index (χ0v) is 18.0. The van der Waals surface area contributed by atoms with Gasteiger partial charge in [-0.15, -0.1) is 0 Å². The van der Waals surface area contributed by atoms with Crippen LogP contribution in [0.15, 0.2) is 17.0 Å². The lowest BCUT2D eigenvalue weighted by atomic mass is 10.2. The van der Waals surface area contributed by atoms with Gasteiger partial charge >= 0.3 is 0 Å². The highest BCUT2D eigenvalue weighted by Crippen LogP contribution is 2.37. The molecule has 0 spiro atoms. The molecule has 0 aromatic heterocycles. The quantitative estimate of drug-likeness (QED) is 0.294. The van der Waals surface area contributed by atoms with Gasteiger partial charge in [0.05, 0.1) is 21.7 Å². The summed E-state index contributed by atoms with van der Waals surface area (Å²) in [7, 11) is 1.59. The number of carbonyl (C=O) groups is 2. The highest BCUT2D eigenvalue weighted by molar-refractivity contribution is 14.1. The van der Waals surface area contributed by atoms with Gasteiger partial charge in [-0.3, -0.25) is 14.5 Å². The maximum Gasteiger partial charge on any atom is 0.293 e. The number of nitrogens with zero attached hydrogens (tertiary/aromatic N) is 1. The van der Waals surface area contributed by atoms with E-state index in [9.17, 15) is 9.59 Å². The lowest BCUT2D eigenvalue weighted by molar-refractivity contribution is -0.122. The third kappa shape index (κ3) is 5.14. The zero-order chi connectivity index (χ0) is 19.1. The monoisotopic (exact) mass is 491 g/mol. The summed E-state index contributed by atoms with van der Waals surface area (Å²) in [4.78, 5) is 26.3. The Bertz CT molecular complexity index is 707. The van der Waals surface area contributed by atoms with Crippen LogP contribution in [-0.4, -0.2) is 49.5 Å². The molecule has 0 bridgehead atoms. The average Bonchev–Trinajstić information content (AvgIpc) is 2.86. The van der Waals surface area contributed by atoms with Crippen LogP contribution in [0.4, 0.5) is 4.79 Å². The van der Waals surface area contributed by atoms with E-state index in [1.165, 1.54) is 4.90 Å². The van der Waals surface area contributed by atoms with E-state index in [4.69, 9.17) is 14.2 Å². The Morgan fingerprint density at radius 1 is 1.19 bits per heavy atom. The van der Waals surface area contributed by atoms with Crippen molar-refractivity contribution in [2.75, 3.05) is 33.5 Å². The summed E-state index contributed by atoms with van der Waals surface area (Å²) >= 11 is 3.14. The maximum atomic E-state index is 12.5. The van der Waals surface area contributed by atoms with Gasteiger partial charge in [-0.25, -0.2) is 0 Å². The molecule has 0 radical (unpaired) electrons. The topological polar surface area (TPSA) is 65.1 Å². The summed E-state index contributed by atoms with van der Waals surface area (Å²) < 4.78 is 17.2. The number of halogens is 1. The Morgan fingerprint density at radius 3 is 2.58 bits per heavy atom. The summed E-state index contributed by atoms with van der Waals surface area (Å²) in [5.74, 6) is 1.06. The minimum atomic E-state index is -0.266. The number of thioether (sulfide) groups is 1. The van der Waals surface area contributed by atoms with Crippen LogP contribution in [0.25, 0.3) is 6.08 Å². The van der Waals surface area contributed by atoms with E-state index in [0.29, 0.717) is 49.2 Å². The Kier molecular flexibility index (Phi) is 8.23. The zero-order valence-electron chi connectivity index (χ0n) is 15.0. The van der Waals surface area contributed by atoms with Gasteiger partial charge < -0.3 is 14.2 Å². The normalized spacial score (nSPS) is 15.8. The summed E-state index contributed by atoms with van der Waals surface area (Å²) in [6.45, 7) is 5.74. The predicted octanol–water partition coefficient (Wildman–Crippen LogP) is 4.16. The molecule has 142 valence electrons. The molecule has 1 aliphatic heterocycles. The molecule has 8 heteroatoms. The summed E-state index contributed by atoms with van der Waals surface area (Å²) in [6.07, 6.45) is 2.35. The van der Waals surface area contributed by atoms with E-state index in [2.05, 4.69) is 22.6 Å². The Hall–Kier alpha value is -1.26. The molecule has 2 rings (SSSR count). The highest BCUT2D eigenvalue weighted by Gasteiger charge is 2.34. The number of hydrogen-bond acceptors (Lipinski definition) is 6. The summed E-state index contributed by atoms with van der Waals surface area (Å²) in [5, 5.41) is -0.247. The van der Waals surface area contributed by atoms with Gasteiger partial charge in [0.25, 0.3) is 11.1 Å². The van der Waals surface area contributed by atoms with Crippen molar-refractivity contribution in [1.82, 2.24) is 4.90 Å². The molecule has 0 unspecified atom stereocenters. The van der Waals surface area contributed by atoms with E-state index < -0.39 is 0 Å². The Labute approximate surface area is 171 Å². The van der Waals surface area contributed by atoms with Crippen molar-refractivity contribution in [2.24, 2.45) is 0 Å². The summed E-state index contributed by atoms with van der Waals surface area (Å²) in [6, 6.07) is 3.74. The standard InChI is InChI=1S/C18H22INO5S/c1-4-24-14-10-12(9-13(19)16(14)25-5-2)11-15-17(21)20(18(22)26-15)7-6-8-23-3/h9-11H,4-8H2,1-3H3/b15-11+. The van der Waals surface area contributed by atoms with Crippen molar-refractivity contribution >= 4 is 51.6 Å². The molecule has 1 heterocycles. The number of carbonyl (C=O) groups excluding carboxylic acids is 2. The fourth-order valence-electron chi connectivity index (χ4n) is 2.43. The second-order valence-corrected chi connectivity index (χ2v) is 7.53. The lowest BCUT2D eigenvalue weighted by Crippen LogP contribution is -2.29. The number of amides is 2. The number of rotatable bonds is 9. The molecule has 6 nitrogen and oxygen atoms in total. The number of methoxy groups -OCH3 is 1. The minimum absolute atomic E-state index is 0.247. The maximum absolute atomic E-state index is 12.5. The van der Waals surface area contributed by atoms with E-state index in [-0.39, 0.29) is 11.1 Å². The molecule has 1 saturated heterocycles. The smallest absolute Gasteiger partial charge is 0.293 e. The van der Waals surface area contributed by atoms with Crippen molar-refractivity contribution < 1.29 is 23.8 Å². The molecule has 1 aliphatic rings. The largest absolute Gasteiger partial charge is 0.490 e. The second-order valence-electron chi connectivity index (χ2n) is 5.38. The van der Waals surface area contributed by atoms with E-state index in [1.807, 2.05) is 26.0 Å². The molecule has 0 aliphatic carbocycles. The molecule has 1 aromatic carbocycles. The first-order chi connectivity index (χ1) is 12.5. The molecule has 0 atom stereocenters. The SMILES string of the molecule is CCOc1cc(/C=C2/SC(=O)N(CCCOC)C2=O)cc(I)c1OCC. The third-order valence-corrected chi connectivity index (χ3v) is 5.23. The van der Waals surface area contributed by atoms with Gasteiger partial charge in [-0.05, 0) is 78.4 Å². The number of imide groups is 1. The van der Waals surface area contributed by atoms with Crippen molar-refractivity contribution in [3.05, 3.63) is 26.2 Å². The summed E-state index contributed by atoms with van der Waals surface area (Å²) in [5.41, 5.74) is 0.795. The molecule has 26 heavy (non-hydrogen) atoms. The number of hydrogen-bond donors (Lipinski definition) is 0. The van der Waals surface area contributed by atoms with Crippen LogP contribution in [0.2, 0.25) is 0 Å². The van der Waals surface area contributed by atoms with Crippen molar-refractivity contribution in [1.29, 1.82) is 0 Å². The van der Waals surface area contributed by atoms with Gasteiger partial charge in [0.15, 0.2) is 11.5 Å². The predicted molar refractivity (Wildman–Crippen MR) is 111 cm³/mol. The van der Waals surface area contributed by atoms with Crippen LogP contribution >= 0.6 is 34.4 Å². The molecular weight excluding hydrogens is 469 g/mol. The van der Waals surface area contributed by atoms with Crippen LogP contribution in [0.1, 0.15) is 25.8 Å². The van der Waals surface area contributed by atoms with Gasteiger partial charge in [-0.1, -0.05) is 0 Å². The fraction of sp³-hybridized carbons (Fsp3) is 0.444. The first-order valence-corrected chi connectivity index (χ1v) is 10.2.